The van der Waals surface area contributed by atoms with Crippen LogP contribution in [0.2, 0.25) is 0 Å². The van der Waals surface area contributed by atoms with Crippen LogP contribution >= 0.6 is 0 Å². The first kappa shape index (κ1) is 10.5. The van der Waals surface area contributed by atoms with Crippen molar-refractivity contribution in [3.8, 4) is 0 Å². The van der Waals surface area contributed by atoms with Crippen molar-refractivity contribution >= 4 is 5.65 Å². The lowest BCUT2D eigenvalue weighted by atomic mass is 10.0. The lowest BCUT2D eigenvalue weighted by Crippen LogP contribution is -2.18. The van der Waals surface area contributed by atoms with Gasteiger partial charge in [0.1, 0.15) is 0 Å². The number of H-pyrrole nitrogens is 1. The molecule has 1 unspecified atom stereocenters. The summed E-state index contributed by atoms with van der Waals surface area (Å²) in [5.41, 5.74) is 2.78. The van der Waals surface area contributed by atoms with Crippen molar-refractivity contribution in [2.45, 2.75) is 25.7 Å². The summed E-state index contributed by atoms with van der Waals surface area (Å²) in [6.07, 6.45) is 3.81. The van der Waals surface area contributed by atoms with E-state index in [4.69, 9.17) is 0 Å². The molecule has 0 amide bonds. The molecule has 0 bridgehead atoms. The molecule has 0 aromatic carbocycles. The molecule has 3 heterocycles. The summed E-state index contributed by atoms with van der Waals surface area (Å²) < 4.78 is 1.52. The number of nitrogens with zero attached hydrogens (tertiary/aromatic N) is 2. The van der Waals surface area contributed by atoms with Gasteiger partial charge in [-0.3, -0.25) is 9.89 Å². The van der Waals surface area contributed by atoms with Gasteiger partial charge < -0.3 is 5.32 Å². The highest BCUT2D eigenvalue weighted by atomic mass is 16.1. The lowest BCUT2D eigenvalue weighted by Gasteiger charge is -2.07. The molecule has 5 nitrogen and oxygen atoms in total. The normalized spacial score (nSPS) is 20.2. The Balaban J connectivity index is 2.17. The molecule has 0 saturated carbocycles. The van der Waals surface area contributed by atoms with E-state index in [1.807, 2.05) is 6.20 Å². The van der Waals surface area contributed by atoms with Gasteiger partial charge in [-0.15, -0.1) is 0 Å². The molecule has 1 saturated heterocycles. The van der Waals surface area contributed by atoms with Crippen LogP contribution in [0, 0.1) is 0 Å². The summed E-state index contributed by atoms with van der Waals surface area (Å²) in [6, 6.07) is 1.65. The van der Waals surface area contributed by atoms with Gasteiger partial charge in [-0.2, -0.15) is 0 Å². The van der Waals surface area contributed by atoms with E-state index in [-0.39, 0.29) is 5.56 Å². The second-order valence-corrected chi connectivity index (χ2v) is 4.52. The van der Waals surface area contributed by atoms with Crippen LogP contribution in [0.15, 0.2) is 17.1 Å². The van der Waals surface area contributed by atoms with Crippen molar-refractivity contribution in [2.24, 2.45) is 0 Å². The SMILES string of the molecule is CCc1c[nH]n2c(=O)cc(C3CCNC3)nc12. The molecule has 1 aliphatic rings. The fourth-order valence-electron chi connectivity index (χ4n) is 2.42. The summed E-state index contributed by atoms with van der Waals surface area (Å²) in [6.45, 7) is 4.01. The highest BCUT2D eigenvalue weighted by molar-refractivity contribution is 5.46. The first-order chi connectivity index (χ1) is 8.29. The van der Waals surface area contributed by atoms with Gasteiger partial charge in [-0.25, -0.2) is 9.50 Å². The van der Waals surface area contributed by atoms with Crippen LogP contribution in [-0.2, 0) is 6.42 Å². The van der Waals surface area contributed by atoms with E-state index in [0.717, 1.165) is 42.8 Å². The summed E-state index contributed by atoms with van der Waals surface area (Å²) in [5, 5.41) is 6.26. The first-order valence-corrected chi connectivity index (χ1v) is 6.10. The molecule has 1 atom stereocenters. The fourth-order valence-corrected chi connectivity index (χ4v) is 2.42. The molecule has 17 heavy (non-hydrogen) atoms. The van der Waals surface area contributed by atoms with Gasteiger partial charge in [0, 0.05) is 30.3 Å². The Morgan fingerprint density at radius 3 is 3.18 bits per heavy atom. The maximum absolute atomic E-state index is 12.0. The zero-order valence-corrected chi connectivity index (χ0v) is 9.86. The van der Waals surface area contributed by atoms with E-state index >= 15 is 0 Å². The third kappa shape index (κ3) is 1.67. The third-order valence-corrected chi connectivity index (χ3v) is 3.45. The monoisotopic (exact) mass is 232 g/mol. The molecule has 0 spiro atoms. The Kier molecular flexibility index (Phi) is 2.48. The molecular weight excluding hydrogens is 216 g/mol. The van der Waals surface area contributed by atoms with Gasteiger partial charge in [0.2, 0.25) is 0 Å². The van der Waals surface area contributed by atoms with Gasteiger partial charge in [0.25, 0.3) is 5.56 Å². The van der Waals surface area contributed by atoms with Crippen molar-refractivity contribution in [3.05, 3.63) is 33.9 Å². The van der Waals surface area contributed by atoms with E-state index in [2.05, 4.69) is 22.3 Å². The Labute approximate surface area is 98.9 Å². The molecule has 1 fully saturated rings. The number of fused-ring (bicyclic) bond motifs is 1. The van der Waals surface area contributed by atoms with Crippen LogP contribution in [0.5, 0.6) is 0 Å². The first-order valence-electron chi connectivity index (χ1n) is 6.10. The van der Waals surface area contributed by atoms with Gasteiger partial charge in [-0.1, -0.05) is 6.92 Å². The minimum absolute atomic E-state index is 0.0170. The topological polar surface area (TPSA) is 62.2 Å². The maximum Gasteiger partial charge on any atom is 0.272 e. The number of aryl methyl sites for hydroxylation is 1. The fraction of sp³-hybridized carbons (Fsp3) is 0.500. The number of nitrogens with one attached hydrogen (secondary N) is 2. The van der Waals surface area contributed by atoms with E-state index in [0.29, 0.717) is 5.92 Å². The predicted molar refractivity (Wildman–Crippen MR) is 65.4 cm³/mol. The second kappa shape index (κ2) is 4.00. The van der Waals surface area contributed by atoms with Crippen LogP contribution in [0.1, 0.15) is 30.5 Å². The van der Waals surface area contributed by atoms with Crippen molar-refractivity contribution in [2.75, 3.05) is 13.1 Å². The standard InChI is InChI=1S/C12H16N4O/c1-2-8-7-14-16-11(17)5-10(15-12(8)16)9-3-4-13-6-9/h5,7,9,13-14H,2-4,6H2,1H3. The minimum atomic E-state index is -0.0170. The average Bonchev–Trinajstić information content (AvgIpc) is 2.97. The molecule has 2 aromatic heterocycles. The third-order valence-electron chi connectivity index (χ3n) is 3.45. The van der Waals surface area contributed by atoms with E-state index in [1.54, 1.807) is 6.07 Å². The molecule has 0 radical (unpaired) electrons. The van der Waals surface area contributed by atoms with Gasteiger partial charge >= 0.3 is 0 Å². The number of hydrogen-bond donors (Lipinski definition) is 2. The lowest BCUT2D eigenvalue weighted by molar-refractivity contribution is 0.725. The van der Waals surface area contributed by atoms with Crippen molar-refractivity contribution < 1.29 is 0 Å². The molecule has 5 heteroatoms. The van der Waals surface area contributed by atoms with Crippen LogP contribution in [-0.4, -0.2) is 27.7 Å². The molecule has 90 valence electrons. The van der Waals surface area contributed by atoms with Crippen molar-refractivity contribution in [1.82, 2.24) is 19.9 Å². The molecule has 3 rings (SSSR count). The molecular formula is C12H16N4O. The molecule has 1 aliphatic heterocycles. The van der Waals surface area contributed by atoms with Gasteiger partial charge in [0.05, 0.1) is 5.69 Å². The van der Waals surface area contributed by atoms with Gasteiger partial charge in [-0.05, 0) is 19.4 Å². The molecule has 0 aliphatic carbocycles. The minimum Gasteiger partial charge on any atom is -0.316 e. The van der Waals surface area contributed by atoms with Crippen LogP contribution in [0.3, 0.4) is 0 Å². The molecule has 2 aromatic rings. The van der Waals surface area contributed by atoms with E-state index in [1.165, 1.54) is 4.52 Å². The van der Waals surface area contributed by atoms with Crippen LogP contribution in [0.25, 0.3) is 5.65 Å². The predicted octanol–water partition coefficient (Wildman–Crippen LogP) is 0.662. The van der Waals surface area contributed by atoms with Crippen molar-refractivity contribution in [3.63, 3.8) is 0 Å². The maximum atomic E-state index is 12.0. The zero-order valence-electron chi connectivity index (χ0n) is 9.86. The average molecular weight is 232 g/mol. The van der Waals surface area contributed by atoms with Gasteiger partial charge in [0.15, 0.2) is 5.65 Å². The number of aromatic nitrogens is 3. The smallest absolute Gasteiger partial charge is 0.272 e. The largest absolute Gasteiger partial charge is 0.316 e. The number of rotatable bonds is 2. The summed E-state index contributed by atoms with van der Waals surface area (Å²) in [7, 11) is 0. The number of hydrogen-bond acceptors (Lipinski definition) is 3. The summed E-state index contributed by atoms with van der Waals surface area (Å²) >= 11 is 0. The van der Waals surface area contributed by atoms with E-state index in [9.17, 15) is 4.79 Å². The zero-order chi connectivity index (χ0) is 11.8. The summed E-state index contributed by atoms with van der Waals surface area (Å²) in [4.78, 5) is 16.6. The highest BCUT2D eigenvalue weighted by Gasteiger charge is 2.19. The Morgan fingerprint density at radius 2 is 2.47 bits per heavy atom. The Morgan fingerprint density at radius 1 is 1.59 bits per heavy atom. The van der Waals surface area contributed by atoms with Crippen molar-refractivity contribution in [1.29, 1.82) is 0 Å². The van der Waals surface area contributed by atoms with Crippen LogP contribution in [0.4, 0.5) is 0 Å². The quantitative estimate of drug-likeness (QED) is 0.799. The second-order valence-electron chi connectivity index (χ2n) is 4.52. The number of aromatic amines is 1. The van der Waals surface area contributed by atoms with E-state index < -0.39 is 0 Å². The Hall–Kier alpha value is -1.62. The van der Waals surface area contributed by atoms with Crippen LogP contribution < -0.4 is 10.9 Å². The highest BCUT2D eigenvalue weighted by Crippen LogP contribution is 2.20. The Bertz CT molecular complexity index is 592. The summed E-state index contributed by atoms with van der Waals surface area (Å²) in [5.74, 6) is 0.382. The molecule has 2 N–H and O–H groups in total.